The highest BCUT2D eigenvalue weighted by Gasteiger charge is 2.25. The van der Waals surface area contributed by atoms with Gasteiger partial charge >= 0.3 is 5.69 Å². The molecule has 5 rings (SSSR count). The van der Waals surface area contributed by atoms with Crippen LogP contribution in [0.3, 0.4) is 0 Å². The summed E-state index contributed by atoms with van der Waals surface area (Å²) in [6.45, 7) is 7.31. The van der Waals surface area contributed by atoms with Gasteiger partial charge < -0.3 is 10.3 Å². The molecule has 4 aromatic rings. The number of rotatable bonds is 4. The van der Waals surface area contributed by atoms with Gasteiger partial charge in [0.05, 0.1) is 11.0 Å². The molecule has 3 heterocycles. The van der Waals surface area contributed by atoms with Crippen LogP contribution in [0, 0.1) is 13.8 Å². The van der Waals surface area contributed by atoms with E-state index in [9.17, 15) is 4.79 Å². The zero-order valence-electron chi connectivity index (χ0n) is 17.8. The van der Waals surface area contributed by atoms with E-state index in [0.717, 1.165) is 71.2 Å². The summed E-state index contributed by atoms with van der Waals surface area (Å²) >= 11 is 0. The largest absolute Gasteiger partial charge is 0.326 e. The van der Waals surface area contributed by atoms with Crippen LogP contribution in [0.5, 0.6) is 0 Å². The van der Waals surface area contributed by atoms with Crippen molar-refractivity contribution in [3.8, 4) is 11.1 Å². The highest BCUT2D eigenvalue weighted by atomic mass is 16.1. The molecule has 7 nitrogen and oxygen atoms in total. The lowest BCUT2D eigenvalue weighted by Gasteiger charge is -2.29. The molecular formula is C23H28N6O. The standard InChI is InChI=1S/C23H28N6O/c1-4-24-17-5-7-18(8-6-17)29-21-10-14(2)19(11-20(21)27-23(29)30)16-9-15(3)22-25-13-26-28(22)12-16/h9-13,17-18,24H,4-8H2,1-3H3,(H,27,30). The van der Waals surface area contributed by atoms with Gasteiger partial charge in [-0.3, -0.25) is 4.57 Å². The lowest BCUT2D eigenvalue weighted by Crippen LogP contribution is -2.35. The van der Waals surface area contributed by atoms with Gasteiger partial charge in [-0.1, -0.05) is 6.92 Å². The van der Waals surface area contributed by atoms with Crippen LogP contribution >= 0.6 is 0 Å². The van der Waals surface area contributed by atoms with Crippen LogP contribution in [0.4, 0.5) is 0 Å². The van der Waals surface area contributed by atoms with Gasteiger partial charge in [-0.2, -0.15) is 5.10 Å². The molecule has 0 aliphatic heterocycles. The van der Waals surface area contributed by atoms with E-state index in [1.165, 1.54) is 0 Å². The van der Waals surface area contributed by atoms with E-state index < -0.39 is 0 Å². The topological polar surface area (TPSA) is 80.0 Å². The maximum absolute atomic E-state index is 12.9. The average molecular weight is 405 g/mol. The van der Waals surface area contributed by atoms with Crippen LogP contribution < -0.4 is 11.0 Å². The first-order valence-electron chi connectivity index (χ1n) is 10.8. The number of benzene rings is 1. The summed E-state index contributed by atoms with van der Waals surface area (Å²) in [6, 6.07) is 7.23. The number of aromatic amines is 1. The summed E-state index contributed by atoms with van der Waals surface area (Å²) in [4.78, 5) is 20.3. The number of hydrogen-bond donors (Lipinski definition) is 2. The van der Waals surface area contributed by atoms with Crippen LogP contribution in [-0.4, -0.2) is 36.7 Å². The molecule has 7 heteroatoms. The molecule has 156 valence electrons. The van der Waals surface area contributed by atoms with E-state index >= 15 is 0 Å². The molecule has 1 aromatic carbocycles. The molecule has 1 aliphatic carbocycles. The van der Waals surface area contributed by atoms with Gasteiger partial charge in [0.1, 0.15) is 6.33 Å². The van der Waals surface area contributed by atoms with Gasteiger partial charge in [-0.15, -0.1) is 0 Å². The Bertz CT molecular complexity index is 1270. The molecule has 0 spiro atoms. The van der Waals surface area contributed by atoms with Gasteiger partial charge in [0.2, 0.25) is 0 Å². The van der Waals surface area contributed by atoms with Crippen LogP contribution in [0.15, 0.2) is 35.5 Å². The van der Waals surface area contributed by atoms with Crippen LogP contribution in [0.25, 0.3) is 27.8 Å². The molecule has 1 aliphatic rings. The lowest BCUT2D eigenvalue weighted by atomic mass is 9.90. The Morgan fingerprint density at radius 3 is 2.70 bits per heavy atom. The molecule has 0 radical (unpaired) electrons. The second kappa shape index (κ2) is 7.40. The minimum atomic E-state index is -0.00337. The quantitative estimate of drug-likeness (QED) is 0.543. The molecule has 1 saturated carbocycles. The summed E-state index contributed by atoms with van der Waals surface area (Å²) in [6.07, 6.45) is 7.88. The van der Waals surface area contributed by atoms with Gasteiger partial charge in [0.25, 0.3) is 0 Å². The zero-order chi connectivity index (χ0) is 20.8. The highest BCUT2D eigenvalue weighted by molar-refractivity contribution is 5.84. The molecule has 0 atom stereocenters. The Hall–Kier alpha value is -2.93. The Morgan fingerprint density at radius 1 is 1.13 bits per heavy atom. The molecular weight excluding hydrogens is 376 g/mol. The normalized spacial score (nSPS) is 19.7. The number of aromatic nitrogens is 5. The summed E-state index contributed by atoms with van der Waals surface area (Å²) in [5, 5.41) is 7.84. The Labute approximate surface area is 175 Å². The van der Waals surface area contributed by atoms with E-state index in [4.69, 9.17) is 0 Å². The number of H-pyrrole nitrogens is 1. The van der Waals surface area contributed by atoms with Crippen molar-refractivity contribution in [2.24, 2.45) is 0 Å². The summed E-state index contributed by atoms with van der Waals surface area (Å²) < 4.78 is 3.80. The Kier molecular flexibility index (Phi) is 4.70. The second-order valence-electron chi connectivity index (χ2n) is 8.49. The van der Waals surface area contributed by atoms with E-state index in [0.29, 0.717) is 6.04 Å². The number of pyridine rings is 1. The van der Waals surface area contributed by atoms with Gasteiger partial charge in [0.15, 0.2) is 5.65 Å². The van der Waals surface area contributed by atoms with Gasteiger partial charge in [-0.05, 0) is 81.0 Å². The molecule has 0 saturated heterocycles. The van der Waals surface area contributed by atoms with Crippen molar-refractivity contribution >= 4 is 16.7 Å². The monoisotopic (exact) mass is 404 g/mol. The van der Waals surface area contributed by atoms with E-state index in [2.05, 4.69) is 52.4 Å². The fourth-order valence-electron chi connectivity index (χ4n) is 5.02. The first-order chi connectivity index (χ1) is 14.5. The minimum Gasteiger partial charge on any atom is -0.314 e. The number of imidazole rings is 1. The smallest absolute Gasteiger partial charge is 0.314 e. The van der Waals surface area contributed by atoms with Crippen molar-refractivity contribution in [2.45, 2.75) is 58.5 Å². The predicted molar refractivity (Wildman–Crippen MR) is 119 cm³/mol. The SMILES string of the molecule is CCNC1CCC(n2c(=O)[nH]c3cc(-c4cc(C)c5ncnn5c4)c(C)cc32)CC1. The first-order valence-corrected chi connectivity index (χ1v) is 10.8. The number of hydrogen-bond acceptors (Lipinski definition) is 4. The molecule has 2 N–H and O–H groups in total. The molecule has 0 unspecified atom stereocenters. The van der Waals surface area contributed by atoms with E-state index in [1.807, 2.05) is 22.2 Å². The van der Waals surface area contributed by atoms with Gasteiger partial charge in [0, 0.05) is 23.8 Å². The van der Waals surface area contributed by atoms with Crippen molar-refractivity contribution < 1.29 is 0 Å². The maximum atomic E-state index is 12.9. The predicted octanol–water partition coefficient (Wildman–Crippen LogP) is 3.75. The van der Waals surface area contributed by atoms with Crippen LogP contribution in [0.2, 0.25) is 0 Å². The molecule has 0 amide bonds. The number of nitrogens with zero attached hydrogens (tertiary/aromatic N) is 4. The van der Waals surface area contributed by atoms with Crippen molar-refractivity contribution in [1.82, 2.24) is 29.5 Å². The molecule has 3 aromatic heterocycles. The van der Waals surface area contributed by atoms with Crippen LogP contribution in [-0.2, 0) is 0 Å². The third-order valence-corrected chi connectivity index (χ3v) is 6.49. The molecule has 1 fully saturated rings. The van der Waals surface area contributed by atoms with E-state index in [1.54, 1.807) is 6.33 Å². The first kappa shape index (κ1) is 19.1. The van der Waals surface area contributed by atoms with Crippen molar-refractivity contribution in [3.05, 3.63) is 52.3 Å². The third kappa shape index (κ3) is 3.13. The minimum absolute atomic E-state index is 0.00337. The molecule has 0 bridgehead atoms. The lowest BCUT2D eigenvalue weighted by molar-refractivity contribution is 0.294. The van der Waals surface area contributed by atoms with E-state index in [-0.39, 0.29) is 11.7 Å². The van der Waals surface area contributed by atoms with Crippen LogP contribution in [0.1, 0.15) is 49.8 Å². The summed E-state index contributed by atoms with van der Waals surface area (Å²) in [7, 11) is 0. The average Bonchev–Trinajstić information content (AvgIpc) is 3.32. The Morgan fingerprint density at radius 2 is 1.93 bits per heavy atom. The van der Waals surface area contributed by atoms with Crippen molar-refractivity contribution in [1.29, 1.82) is 0 Å². The number of nitrogens with one attached hydrogen (secondary N) is 2. The van der Waals surface area contributed by atoms with Crippen molar-refractivity contribution in [3.63, 3.8) is 0 Å². The molecule has 30 heavy (non-hydrogen) atoms. The number of fused-ring (bicyclic) bond motifs is 2. The highest BCUT2D eigenvalue weighted by Crippen LogP contribution is 2.33. The third-order valence-electron chi connectivity index (χ3n) is 6.49. The summed E-state index contributed by atoms with van der Waals surface area (Å²) in [5.41, 5.74) is 7.17. The fraction of sp³-hybridized carbons (Fsp3) is 0.435. The maximum Gasteiger partial charge on any atom is 0.326 e. The fourth-order valence-corrected chi connectivity index (χ4v) is 5.02. The summed E-state index contributed by atoms with van der Waals surface area (Å²) in [5.74, 6) is 0. The van der Waals surface area contributed by atoms with Gasteiger partial charge in [-0.25, -0.2) is 14.3 Å². The zero-order valence-corrected chi connectivity index (χ0v) is 17.8. The number of aryl methyl sites for hydroxylation is 2. The Balaban J connectivity index is 1.55. The van der Waals surface area contributed by atoms with Crippen molar-refractivity contribution in [2.75, 3.05) is 6.54 Å². The second-order valence-corrected chi connectivity index (χ2v) is 8.49.